The topological polar surface area (TPSA) is 64.0 Å². The summed E-state index contributed by atoms with van der Waals surface area (Å²) < 4.78 is 1.39. The maximum atomic E-state index is 13.0. The zero-order valence-corrected chi connectivity index (χ0v) is 18.1. The second-order valence-electron chi connectivity index (χ2n) is 6.79. The van der Waals surface area contributed by atoms with Crippen LogP contribution in [0.5, 0.6) is 0 Å². The molecule has 4 aromatic rings. The minimum absolute atomic E-state index is 0.0340. The highest BCUT2D eigenvalue weighted by Gasteiger charge is 2.16. The van der Waals surface area contributed by atoms with Crippen molar-refractivity contribution in [3.8, 4) is 10.4 Å². The van der Waals surface area contributed by atoms with Gasteiger partial charge in [0.05, 0.1) is 11.7 Å². The molecule has 1 amide bonds. The summed E-state index contributed by atoms with van der Waals surface area (Å²) in [6.45, 7) is 2.45. The lowest BCUT2D eigenvalue weighted by Gasteiger charge is -2.07. The Bertz CT molecular complexity index is 1220. The van der Waals surface area contributed by atoms with Gasteiger partial charge in [-0.1, -0.05) is 48.5 Å². The van der Waals surface area contributed by atoms with Crippen LogP contribution in [0, 0.1) is 6.92 Å². The number of carbonyl (C=O) groups excluding carboxylic acids is 1. The summed E-state index contributed by atoms with van der Waals surface area (Å²) in [7, 11) is 0. The van der Waals surface area contributed by atoms with Gasteiger partial charge in [0, 0.05) is 22.1 Å². The van der Waals surface area contributed by atoms with Crippen LogP contribution < -0.4 is 10.9 Å². The van der Waals surface area contributed by atoms with E-state index in [0.29, 0.717) is 16.8 Å². The van der Waals surface area contributed by atoms with E-state index in [2.05, 4.69) is 10.3 Å². The highest BCUT2D eigenvalue weighted by Crippen LogP contribution is 2.35. The summed E-state index contributed by atoms with van der Waals surface area (Å²) in [5.41, 5.74) is 1.80. The molecule has 0 aliphatic carbocycles. The highest BCUT2D eigenvalue weighted by atomic mass is 32.2. The molecule has 0 aliphatic heterocycles. The zero-order chi connectivity index (χ0) is 20.9. The smallest absolute Gasteiger partial charge is 0.262 e. The van der Waals surface area contributed by atoms with Crippen LogP contribution in [-0.2, 0) is 11.3 Å². The van der Waals surface area contributed by atoms with Gasteiger partial charge in [0.15, 0.2) is 0 Å². The predicted molar refractivity (Wildman–Crippen MR) is 124 cm³/mol. The number of thioether (sulfide) groups is 1. The Labute approximate surface area is 182 Å². The van der Waals surface area contributed by atoms with Gasteiger partial charge < -0.3 is 5.32 Å². The van der Waals surface area contributed by atoms with Crippen molar-refractivity contribution < 1.29 is 4.79 Å². The van der Waals surface area contributed by atoms with Crippen LogP contribution in [0.15, 0.2) is 76.7 Å². The normalized spacial score (nSPS) is 11.0. The van der Waals surface area contributed by atoms with E-state index in [0.717, 1.165) is 21.8 Å². The van der Waals surface area contributed by atoms with E-state index in [1.807, 2.05) is 67.6 Å². The molecule has 5 nitrogen and oxygen atoms in total. The number of nitrogens with one attached hydrogen (secondary N) is 1. The number of aromatic nitrogens is 2. The molecular weight excluding hydrogens is 414 g/mol. The quantitative estimate of drug-likeness (QED) is 0.346. The molecule has 0 saturated heterocycles. The lowest BCUT2D eigenvalue weighted by atomic mass is 10.1. The van der Waals surface area contributed by atoms with Gasteiger partial charge in [-0.15, -0.1) is 23.1 Å². The molecule has 0 saturated carbocycles. The Kier molecular flexibility index (Phi) is 6.30. The van der Waals surface area contributed by atoms with Gasteiger partial charge in [0.1, 0.15) is 11.4 Å². The van der Waals surface area contributed by atoms with Crippen molar-refractivity contribution in [2.45, 2.75) is 18.4 Å². The van der Waals surface area contributed by atoms with Crippen LogP contribution in [-0.4, -0.2) is 27.8 Å². The Morgan fingerprint density at radius 2 is 1.80 bits per heavy atom. The summed E-state index contributed by atoms with van der Waals surface area (Å²) in [6, 6.07) is 20.0. The first-order chi connectivity index (χ1) is 14.6. The van der Waals surface area contributed by atoms with Gasteiger partial charge >= 0.3 is 0 Å². The van der Waals surface area contributed by atoms with Crippen LogP contribution in [0.1, 0.15) is 5.56 Å². The van der Waals surface area contributed by atoms with E-state index in [1.165, 1.54) is 27.1 Å². The van der Waals surface area contributed by atoms with E-state index >= 15 is 0 Å². The molecule has 2 aromatic heterocycles. The molecule has 2 heterocycles. The van der Waals surface area contributed by atoms with E-state index < -0.39 is 0 Å². The van der Waals surface area contributed by atoms with Crippen LogP contribution in [0.25, 0.3) is 20.7 Å². The molecular formula is C23H21N3O2S2. The first-order valence-electron chi connectivity index (χ1n) is 9.62. The molecule has 1 N–H and O–H groups in total. The van der Waals surface area contributed by atoms with Crippen molar-refractivity contribution >= 4 is 39.2 Å². The number of hydrogen-bond acceptors (Lipinski definition) is 5. The van der Waals surface area contributed by atoms with Crippen molar-refractivity contribution in [3.63, 3.8) is 0 Å². The molecule has 0 spiro atoms. The molecule has 152 valence electrons. The van der Waals surface area contributed by atoms with Gasteiger partial charge in [0.2, 0.25) is 5.91 Å². The van der Waals surface area contributed by atoms with E-state index in [9.17, 15) is 9.59 Å². The monoisotopic (exact) mass is 435 g/mol. The molecule has 7 heteroatoms. The largest absolute Gasteiger partial charge is 0.354 e. The SMILES string of the molecule is Cc1c(-c2ccccc2)sc2ncn(CC(=O)NCCSc3ccccc3)c(=O)c12. The Morgan fingerprint density at radius 1 is 1.10 bits per heavy atom. The van der Waals surface area contributed by atoms with Crippen LogP contribution in [0.4, 0.5) is 0 Å². The second-order valence-corrected chi connectivity index (χ2v) is 8.96. The van der Waals surface area contributed by atoms with E-state index in [4.69, 9.17) is 0 Å². The highest BCUT2D eigenvalue weighted by molar-refractivity contribution is 7.99. The Morgan fingerprint density at radius 3 is 2.53 bits per heavy atom. The zero-order valence-electron chi connectivity index (χ0n) is 16.5. The average Bonchev–Trinajstić information content (AvgIpc) is 3.12. The van der Waals surface area contributed by atoms with E-state index in [1.54, 1.807) is 11.8 Å². The fourth-order valence-electron chi connectivity index (χ4n) is 3.22. The Balaban J connectivity index is 1.44. The third kappa shape index (κ3) is 4.47. The molecule has 0 unspecified atom stereocenters. The first-order valence-corrected chi connectivity index (χ1v) is 11.4. The molecule has 30 heavy (non-hydrogen) atoms. The third-order valence-corrected chi connectivity index (χ3v) is 6.97. The molecule has 0 aliphatic rings. The maximum Gasteiger partial charge on any atom is 0.262 e. The number of nitrogens with zero attached hydrogens (tertiary/aromatic N) is 2. The third-order valence-electron chi connectivity index (χ3n) is 4.70. The van der Waals surface area contributed by atoms with Gasteiger partial charge in [-0.05, 0) is 30.2 Å². The summed E-state index contributed by atoms with van der Waals surface area (Å²) >= 11 is 3.19. The fourth-order valence-corrected chi connectivity index (χ4v) is 5.16. The van der Waals surface area contributed by atoms with E-state index in [-0.39, 0.29) is 18.0 Å². The lowest BCUT2D eigenvalue weighted by molar-refractivity contribution is -0.121. The van der Waals surface area contributed by atoms with Gasteiger partial charge in [-0.2, -0.15) is 0 Å². The number of hydrogen-bond donors (Lipinski definition) is 1. The van der Waals surface area contributed by atoms with Crippen LogP contribution in [0.3, 0.4) is 0 Å². The van der Waals surface area contributed by atoms with Crippen molar-refractivity contribution in [2.75, 3.05) is 12.3 Å². The molecule has 0 bridgehead atoms. The second kappa shape index (κ2) is 9.28. The fraction of sp³-hybridized carbons (Fsp3) is 0.174. The molecule has 2 aromatic carbocycles. The van der Waals surface area contributed by atoms with Crippen LogP contribution >= 0.6 is 23.1 Å². The number of fused-ring (bicyclic) bond motifs is 1. The lowest BCUT2D eigenvalue weighted by Crippen LogP contribution is -2.33. The summed E-state index contributed by atoms with van der Waals surface area (Å²) in [5, 5.41) is 3.47. The standard InChI is InChI=1S/C23H21N3O2S2/c1-16-20-22(30-21(16)17-8-4-2-5-9-17)25-15-26(23(20)28)14-19(27)24-12-13-29-18-10-6-3-7-11-18/h2-11,15H,12-14H2,1H3,(H,24,27). The molecule has 0 atom stereocenters. The summed E-state index contributed by atoms with van der Waals surface area (Å²) in [6.07, 6.45) is 1.47. The van der Waals surface area contributed by atoms with Crippen molar-refractivity contribution in [3.05, 3.63) is 82.9 Å². The van der Waals surface area contributed by atoms with Gasteiger partial charge in [0.25, 0.3) is 5.56 Å². The maximum absolute atomic E-state index is 13.0. The number of amides is 1. The predicted octanol–water partition coefficient (Wildman–Crippen LogP) is 4.34. The number of carbonyl (C=O) groups is 1. The Hall–Kier alpha value is -2.90. The molecule has 0 fully saturated rings. The minimum atomic E-state index is -0.192. The van der Waals surface area contributed by atoms with Crippen molar-refractivity contribution in [1.29, 1.82) is 0 Å². The summed E-state index contributed by atoms with van der Waals surface area (Å²) in [5.74, 6) is 0.578. The molecule has 4 rings (SSSR count). The van der Waals surface area contributed by atoms with Gasteiger partial charge in [-0.25, -0.2) is 4.98 Å². The van der Waals surface area contributed by atoms with Crippen molar-refractivity contribution in [1.82, 2.24) is 14.9 Å². The average molecular weight is 436 g/mol. The number of rotatable bonds is 7. The number of aryl methyl sites for hydroxylation is 1. The number of benzene rings is 2. The van der Waals surface area contributed by atoms with Crippen LogP contribution in [0.2, 0.25) is 0 Å². The minimum Gasteiger partial charge on any atom is -0.354 e. The summed E-state index contributed by atoms with van der Waals surface area (Å²) in [4.78, 5) is 32.6. The first kappa shape index (κ1) is 20.4. The molecule has 0 radical (unpaired) electrons. The van der Waals surface area contributed by atoms with Gasteiger partial charge in [-0.3, -0.25) is 14.2 Å². The van der Waals surface area contributed by atoms with Crippen molar-refractivity contribution in [2.24, 2.45) is 0 Å². The number of thiophene rings is 1.